The summed E-state index contributed by atoms with van der Waals surface area (Å²) in [5, 5.41) is 6.44. The van der Waals surface area contributed by atoms with Gasteiger partial charge in [-0.25, -0.2) is 4.79 Å². The van der Waals surface area contributed by atoms with E-state index in [0.29, 0.717) is 11.3 Å². The molecule has 0 spiro atoms. The van der Waals surface area contributed by atoms with Gasteiger partial charge in [0.25, 0.3) is 5.91 Å². The lowest BCUT2D eigenvalue weighted by Crippen LogP contribution is -2.38. The van der Waals surface area contributed by atoms with Crippen LogP contribution in [0.3, 0.4) is 0 Å². The Kier molecular flexibility index (Phi) is 5.33. The molecule has 0 bridgehead atoms. The lowest BCUT2D eigenvalue weighted by atomic mass is 10.1. The molecule has 1 fully saturated rings. The lowest BCUT2D eigenvalue weighted by molar-refractivity contribution is -0.131. The molecule has 1 saturated carbocycles. The van der Waals surface area contributed by atoms with Crippen LogP contribution in [0.5, 0.6) is 5.75 Å². The first-order valence-electron chi connectivity index (χ1n) is 8.23. The molecule has 1 aromatic heterocycles. The number of rotatable bonds is 6. The summed E-state index contributed by atoms with van der Waals surface area (Å²) in [6.45, 7) is 0. The maximum Gasteiger partial charge on any atom is 0.378 e. The number of hydrogen-bond acceptors (Lipinski definition) is 6. The van der Waals surface area contributed by atoms with E-state index in [0.717, 1.165) is 25.7 Å². The van der Waals surface area contributed by atoms with Gasteiger partial charge in [0.1, 0.15) is 5.75 Å². The molecule has 0 radical (unpaired) electrons. The Bertz CT molecular complexity index is 706. The third kappa shape index (κ3) is 4.17. The number of amides is 1. The minimum Gasteiger partial charge on any atom is -0.497 e. The Labute approximate surface area is 145 Å². The Morgan fingerprint density at radius 1 is 1.20 bits per heavy atom. The second-order valence-corrected chi connectivity index (χ2v) is 5.93. The Hall–Kier alpha value is -2.83. The van der Waals surface area contributed by atoms with Gasteiger partial charge in [0.2, 0.25) is 11.9 Å². The zero-order chi connectivity index (χ0) is 17.6. The molecule has 1 aliphatic rings. The van der Waals surface area contributed by atoms with Gasteiger partial charge in [0.15, 0.2) is 0 Å². The molecular formula is C18H20N2O5. The van der Waals surface area contributed by atoms with Crippen molar-refractivity contribution in [2.45, 2.75) is 37.8 Å². The van der Waals surface area contributed by atoms with Gasteiger partial charge in [-0.3, -0.25) is 4.79 Å². The van der Waals surface area contributed by atoms with Crippen LogP contribution in [0.4, 0.5) is 0 Å². The number of carbonyl (C=O) groups excluding carboxylic acids is 2. The molecule has 0 aliphatic heterocycles. The average Bonchev–Trinajstić information content (AvgIpc) is 3.33. The van der Waals surface area contributed by atoms with Crippen molar-refractivity contribution in [2.24, 2.45) is 0 Å². The highest BCUT2D eigenvalue weighted by molar-refractivity contribution is 5.90. The minimum atomic E-state index is -1.07. The summed E-state index contributed by atoms with van der Waals surface area (Å²) in [5.41, 5.74) is 0.559. The van der Waals surface area contributed by atoms with Crippen molar-refractivity contribution in [3.63, 3.8) is 0 Å². The van der Waals surface area contributed by atoms with Crippen LogP contribution in [0.15, 0.2) is 41.1 Å². The van der Waals surface area contributed by atoms with Gasteiger partial charge < -0.3 is 19.3 Å². The van der Waals surface area contributed by atoms with Crippen LogP contribution in [-0.2, 0) is 9.53 Å². The van der Waals surface area contributed by atoms with Crippen molar-refractivity contribution in [1.29, 1.82) is 0 Å². The van der Waals surface area contributed by atoms with Crippen LogP contribution in [0, 0.1) is 0 Å². The average molecular weight is 344 g/mol. The number of aromatic nitrogens is 1. The second-order valence-electron chi connectivity index (χ2n) is 5.93. The summed E-state index contributed by atoms with van der Waals surface area (Å²) >= 11 is 0. The first-order valence-corrected chi connectivity index (χ1v) is 8.23. The molecule has 25 heavy (non-hydrogen) atoms. The zero-order valence-electron chi connectivity index (χ0n) is 13.9. The van der Waals surface area contributed by atoms with E-state index in [1.807, 2.05) is 0 Å². The fraction of sp³-hybridized carbons (Fsp3) is 0.389. The predicted molar refractivity (Wildman–Crippen MR) is 88.1 cm³/mol. The maximum absolute atomic E-state index is 12.7. The smallest absolute Gasteiger partial charge is 0.378 e. The Balaban J connectivity index is 1.78. The van der Waals surface area contributed by atoms with Gasteiger partial charge in [0, 0.05) is 17.7 Å². The highest BCUT2D eigenvalue weighted by Gasteiger charge is 2.29. The summed E-state index contributed by atoms with van der Waals surface area (Å²) in [6.07, 6.45) is 4.35. The minimum absolute atomic E-state index is 0.0489. The SMILES string of the molecule is COc1ccc([C@@H](OC(=O)c2ccno2)C(=O)NC2CCCC2)cc1. The second kappa shape index (κ2) is 7.83. The molecule has 0 saturated heterocycles. The number of carbonyl (C=O) groups is 2. The normalized spacial score (nSPS) is 15.6. The number of methoxy groups -OCH3 is 1. The Morgan fingerprint density at radius 2 is 1.92 bits per heavy atom. The summed E-state index contributed by atoms with van der Waals surface area (Å²) in [7, 11) is 1.56. The summed E-state index contributed by atoms with van der Waals surface area (Å²) in [5.74, 6) is -0.475. The number of esters is 1. The van der Waals surface area contributed by atoms with Gasteiger partial charge in [-0.05, 0) is 25.0 Å². The fourth-order valence-corrected chi connectivity index (χ4v) is 2.88. The van der Waals surface area contributed by atoms with Gasteiger partial charge in [-0.1, -0.05) is 30.1 Å². The van der Waals surface area contributed by atoms with Crippen LogP contribution >= 0.6 is 0 Å². The largest absolute Gasteiger partial charge is 0.497 e. The molecule has 1 aliphatic carbocycles. The van der Waals surface area contributed by atoms with Crippen molar-refractivity contribution in [1.82, 2.24) is 10.5 Å². The van der Waals surface area contributed by atoms with Crippen LogP contribution < -0.4 is 10.1 Å². The molecule has 1 amide bonds. The number of benzene rings is 1. The van der Waals surface area contributed by atoms with E-state index in [2.05, 4.69) is 10.5 Å². The summed E-state index contributed by atoms with van der Waals surface area (Å²) in [6, 6.07) is 8.34. The van der Waals surface area contributed by atoms with E-state index >= 15 is 0 Å². The van der Waals surface area contributed by atoms with Crippen molar-refractivity contribution >= 4 is 11.9 Å². The fourth-order valence-electron chi connectivity index (χ4n) is 2.88. The Morgan fingerprint density at radius 3 is 2.52 bits per heavy atom. The van der Waals surface area contributed by atoms with Gasteiger partial charge >= 0.3 is 5.97 Å². The molecule has 132 valence electrons. The van der Waals surface area contributed by atoms with Gasteiger partial charge in [-0.15, -0.1) is 0 Å². The van der Waals surface area contributed by atoms with Crippen molar-refractivity contribution in [3.8, 4) is 5.75 Å². The van der Waals surface area contributed by atoms with Crippen LogP contribution in [0.25, 0.3) is 0 Å². The summed E-state index contributed by atoms with van der Waals surface area (Å²) < 4.78 is 15.3. The number of nitrogens with zero attached hydrogens (tertiary/aromatic N) is 1. The molecule has 3 rings (SSSR count). The first kappa shape index (κ1) is 17.0. The molecule has 7 nitrogen and oxygen atoms in total. The van der Waals surface area contributed by atoms with Gasteiger partial charge in [0.05, 0.1) is 13.3 Å². The zero-order valence-corrected chi connectivity index (χ0v) is 13.9. The van der Waals surface area contributed by atoms with Crippen molar-refractivity contribution in [3.05, 3.63) is 47.9 Å². The topological polar surface area (TPSA) is 90.7 Å². The van der Waals surface area contributed by atoms with E-state index in [1.54, 1.807) is 31.4 Å². The molecule has 1 heterocycles. The highest BCUT2D eigenvalue weighted by Crippen LogP contribution is 2.24. The third-order valence-corrected chi connectivity index (χ3v) is 4.22. The van der Waals surface area contributed by atoms with E-state index in [9.17, 15) is 9.59 Å². The van der Waals surface area contributed by atoms with Crippen LogP contribution in [0.2, 0.25) is 0 Å². The molecule has 1 aromatic carbocycles. The summed E-state index contributed by atoms with van der Waals surface area (Å²) in [4.78, 5) is 24.9. The first-order chi connectivity index (χ1) is 12.2. The van der Waals surface area contributed by atoms with E-state index in [-0.39, 0.29) is 17.7 Å². The molecule has 7 heteroatoms. The molecule has 1 atom stereocenters. The predicted octanol–water partition coefficient (Wildman–Crippen LogP) is 2.64. The lowest BCUT2D eigenvalue weighted by Gasteiger charge is -2.20. The van der Waals surface area contributed by atoms with Crippen LogP contribution in [0.1, 0.15) is 47.9 Å². The molecule has 2 aromatic rings. The van der Waals surface area contributed by atoms with Crippen molar-refractivity contribution in [2.75, 3.05) is 7.11 Å². The van der Waals surface area contributed by atoms with Crippen molar-refractivity contribution < 1.29 is 23.6 Å². The maximum atomic E-state index is 12.7. The van der Waals surface area contributed by atoms with Crippen LogP contribution in [-0.4, -0.2) is 30.2 Å². The number of nitrogens with one attached hydrogen (secondary N) is 1. The number of hydrogen-bond donors (Lipinski definition) is 1. The number of ether oxygens (including phenoxy) is 2. The molecule has 1 N–H and O–H groups in total. The highest BCUT2D eigenvalue weighted by atomic mass is 16.6. The van der Waals surface area contributed by atoms with Gasteiger partial charge in [-0.2, -0.15) is 0 Å². The molecule has 0 unspecified atom stereocenters. The van der Waals surface area contributed by atoms with E-state index in [1.165, 1.54) is 12.3 Å². The monoisotopic (exact) mass is 344 g/mol. The van der Waals surface area contributed by atoms with E-state index in [4.69, 9.17) is 14.0 Å². The van der Waals surface area contributed by atoms with E-state index < -0.39 is 12.1 Å². The third-order valence-electron chi connectivity index (χ3n) is 4.22. The quantitative estimate of drug-likeness (QED) is 0.810. The molecular weight excluding hydrogens is 324 g/mol. The standard InChI is InChI=1S/C18H20N2O5/c1-23-14-8-6-12(7-9-14)16(17(21)20-13-4-2-3-5-13)24-18(22)15-10-11-19-25-15/h6-11,13,16H,2-5H2,1H3,(H,20,21)/t16-/m1/s1.